The van der Waals surface area contributed by atoms with Gasteiger partial charge in [-0.15, -0.1) is 0 Å². The summed E-state index contributed by atoms with van der Waals surface area (Å²) in [6.07, 6.45) is 1.62. The molecular formula is C13H11BrFNO. The highest BCUT2D eigenvalue weighted by molar-refractivity contribution is 9.10. The maximum Gasteiger partial charge on any atom is 0.138 e. The van der Waals surface area contributed by atoms with Gasteiger partial charge >= 0.3 is 0 Å². The Hall–Kier alpha value is -1.42. The minimum absolute atomic E-state index is 0.247. The molecule has 1 aromatic heterocycles. The molecule has 0 bridgehead atoms. The molecule has 0 atom stereocenters. The van der Waals surface area contributed by atoms with Gasteiger partial charge in [0, 0.05) is 0 Å². The first-order valence-electron chi connectivity index (χ1n) is 5.14. The molecule has 88 valence electrons. The third-order valence-electron chi connectivity index (χ3n) is 2.41. The largest absolute Gasteiger partial charge is 0.487 e. The Kier molecular flexibility index (Phi) is 3.74. The molecule has 1 aromatic carbocycles. The van der Waals surface area contributed by atoms with Crippen LogP contribution in [0, 0.1) is 12.7 Å². The summed E-state index contributed by atoms with van der Waals surface area (Å²) in [5, 5.41) is 0. The molecule has 0 aliphatic heterocycles. The van der Waals surface area contributed by atoms with Crippen LogP contribution in [0.3, 0.4) is 0 Å². The Labute approximate surface area is 108 Å². The molecule has 2 nitrogen and oxygen atoms in total. The van der Waals surface area contributed by atoms with E-state index in [2.05, 4.69) is 20.9 Å². The summed E-state index contributed by atoms with van der Waals surface area (Å²) in [7, 11) is 0. The van der Waals surface area contributed by atoms with E-state index in [0.29, 0.717) is 12.4 Å². The van der Waals surface area contributed by atoms with Crippen molar-refractivity contribution in [3.05, 3.63) is 58.1 Å². The van der Waals surface area contributed by atoms with Crippen molar-refractivity contribution in [2.45, 2.75) is 13.5 Å². The van der Waals surface area contributed by atoms with Gasteiger partial charge in [-0.05, 0) is 58.2 Å². The Morgan fingerprint density at radius 1 is 1.29 bits per heavy atom. The zero-order chi connectivity index (χ0) is 12.3. The summed E-state index contributed by atoms with van der Waals surface area (Å²) in [5.74, 6) is 0.417. The maximum atomic E-state index is 13.1. The zero-order valence-corrected chi connectivity index (χ0v) is 10.9. The lowest BCUT2D eigenvalue weighted by atomic mass is 10.1. The highest BCUT2D eigenvalue weighted by atomic mass is 79.9. The average molecular weight is 296 g/mol. The predicted octanol–water partition coefficient (Wildman–Crippen LogP) is 3.87. The zero-order valence-electron chi connectivity index (χ0n) is 9.28. The molecule has 0 saturated heterocycles. The highest BCUT2D eigenvalue weighted by Crippen LogP contribution is 2.16. The van der Waals surface area contributed by atoms with Crippen LogP contribution < -0.4 is 4.74 Å². The average Bonchev–Trinajstić information content (AvgIpc) is 2.32. The first-order chi connectivity index (χ1) is 8.15. The number of nitrogens with zero attached hydrogens (tertiary/aromatic N) is 1. The summed E-state index contributed by atoms with van der Waals surface area (Å²) < 4.78 is 19.3. The quantitative estimate of drug-likeness (QED) is 0.802. The molecule has 1 heterocycles. The van der Waals surface area contributed by atoms with Crippen molar-refractivity contribution < 1.29 is 9.13 Å². The van der Waals surface area contributed by atoms with E-state index in [4.69, 9.17) is 4.74 Å². The Morgan fingerprint density at radius 2 is 2.12 bits per heavy atom. The molecule has 0 saturated carbocycles. The molecule has 0 aliphatic rings. The number of aromatic nitrogens is 1. The number of aryl methyl sites for hydroxylation is 1. The predicted molar refractivity (Wildman–Crippen MR) is 67.4 cm³/mol. The topological polar surface area (TPSA) is 22.1 Å². The fourth-order valence-corrected chi connectivity index (χ4v) is 1.64. The van der Waals surface area contributed by atoms with E-state index < -0.39 is 0 Å². The van der Waals surface area contributed by atoms with Crippen LogP contribution in [0.2, 0.25) is 0 Å². The molecule has 0 fully saturated rings. The molecule has 0 N–H and O–H groups in total. The van der Waals surface area contributed by atoms with Crippen LogP contribution in [0.1, 0.15) is 11.1 Å². The second-order valence-electron chi connectivity index (χ2n) is 3.68. The number of hydrogen-bond donors (Lipinski definition) is 0. The van der Waals surface area contributed by atoms with Crippen LogP contribution in [0.5, 0.6) is 5.75 Å². The van der Waals surface area contributed by atoms with Gasteiger partial charge in [0.15, 0.2) is 0 Å². The highest BCUT2D eigenvalue weighted by Gasteiger charge is 2.02. The first kappa shape index (κ1) is 12.0. The number of pyridine rings is 1. The molecule has 0 amide bonds. The van der Waals surface area contributed by atoms with Crippen molar-refractivity contribution in [2.24, 2.45) is 0 Å². The van der Waals surface area contributed by atoms with Crippen LogP contribution in [-0.4, -0.2) is 4.98 Å². The lowest BCUT2D eigenvalue weighted by Crippen LogP contribution is -1.98. The molecule has 0 radical (unpaired) electrons. The summed E-state index contributed by atoms with van der Waals surface area (Å²) in [4.78, 5) is 4.05. The number of halogens is 2. The normalized spacial score (nSPS) is 10.3. The lowest BCUT2D eigenvalue weighted by molar-refractivity contribution is 0.303. The van der Waals surface area contributed by atoms with Gasteiger partial charge in [-0.3, -0.25) is 0 Å². The maximum absolute atomic E-state index is 13.1. The van der Waals surface area contributed by atoms with E-state index in [1.807, 2.05) is 13.0 Å². The van der Waals surface area contributed by atoms with Crippen molar-refractivity contribution in [3.8, 4) is 5.75 Å². The van der Waals surface area contributed by atoms with E-state index >= 15 is 0 Å². The van der Waals surface area contributed by atoms with Gasteiger partial charge < -0.3 is 4.74 Å². The Morgan fingerprint density at radius 3 is 2.82 bits per heavy atom. The Bertz CT molecular complexity index is 513. The third kappa shape index (κ3) is 3.27. The molecule has 0 unspecified atom stereocenters. The van der Waals surface area contributed by atoms with E-state index in [1.165, 1.54) is 12.1 Å². The van der Waals surface area contributed by atoms with Crippen molar-refractivity contribution in [1.29, 1.82) is 0 Å². The van der Waals surface area contributed by atoms with E-state index in [9.17, 15) is 4.39 Å². The standard InChI is InChI=1S/C13H11BrFNO/c1-9-2-3-11(15)6-10(9)8-17-12-4-5-13(14)16-7-12/h2-7H,8H2,1H3. The molecule has 17 heavy (non-hydrogen) atoms. The third-order valence-corrected chi connectivity index (χ3v) is 2.87. The van der Waals surface area contributed by atoms with Gasteiger partial charge in [0.05, 0.1) is 6.20 Å². The summed E-state index contributed by atoms with van der Waals surface area (Å²) in [5.41, 5.74) is 1.85. The van der Waals surface area contributed by atoms with Crippen molar-refractivity contribution >= 4 is 15.9 Å². The van der Waals surface area contributed by atoms with Crippen LogP contribution in [0.25, 0.3) is 0 Å². The fraction of sp³-hybridized carbons (Fsp3) is 0.154. The van der Waals surface area contributed by atoms with Crippen LogP contribution in [-0.2, 0) is 6.61 Å². The van der Waals surface area contributed by atoms with Gasteiger partial charge in [-0.2, -0.15) is 0 Å². The van der Waals surface area contributed by atoms with Crippen LogP contribution in [0.15, 0.2) is 41.1 Å². The summed E-state index contributed by atoms with van der Waals surface area (Å²) in [6.45, 7) is 2.27. The summed E-state index contributed by atoms with van der Waals surface area (Å²) >= 11 is 3.25. The number of hydrogen-bond acceptors (Lipinski definition) is 2. The number of benzene rings is 1. The van der Waals surface area contributed by atoms with Gasteiger partial charge in [-0.1, -0.05) is 6.07 Å². The Balaban J connectivity index is 2.07. The SMILES string of the molecule is Cc1ccc(F)cc1COc1ccc(Br)nc1. The number of rotatable bonds is 3. The van der Waals surface area contributed by atoms with E-state index in [0.717, 1.165) is 15.7 Å². The molecule has 0 spiro atoms. The second kappa shape index (κ2) is 5.27. The molecule has 0 aliphatic carbocycles. The monoisotopic (exact) mass is 295 g/mol. The number of ether oxygens (including phenoxy) is 1. The van der Waals surface area contributed by atoms with E-state index in [-0.39, 0.29) is 5.82 Å². The van der Waals surface area contributed by atoms with Crippen molar-refractivity contribution in [2.75, 3.05) is 0 Å². The van der Waals surface area contributed by atoms with E-state index in [1.54, 1.807) is 18.3 Å². The summed E-state index contributed by atoms with van der Waals surface area (Å²) in [6, 6.07) is 8.29. The molecule has 2 aromatic rings. The van der Waals surface area contributed by atoms with Crippen LogP contribution >= 0.6 is 15.9 Å². The first-order valence-corrected chi connectivity index (χ1v) is 5.94. The van der Waals surface area contributed by atoms with Crippen molar-refractivity contribution in [1.82, 2.24) is 4.98 Å². The van der Waals surface area contributed by atoms with Crippen molar-refractivity contribution in [3.63, 3.8) is 0 Å². The second-order valence-corrected chi connectivity index (χ2v) is 4.49. The lowest BCUT2D eigenvalue weighted by Gasteiger charge is -2.08. The molecule has 2 rings (SSSR count). The van der Waals surface area contributed by atoms with Gasteiger partial charge in [0.1, 0.15) is 22.8 Å². The van der Waals surface area contributed by atoms with Crippen LogP contribution in [0.4, 0.5) is 4.39 Å². The smallest absolute Gasteiger partial charge is 0.138 e. The van der Waals surface area contributed by atoms with Gasteiger partial charge in [0.2, 0.25) is 0 Å². The fourth-order valence-electron chi connectivity index (χ4n) is 1.40. The molecular weight excluding hydrogens is 285 g/mol. The van der Waals surface area contributed by atoms with Gasteiger partial charge in [-0.25, -0.2) is 9.37 Å². The minimum atomic E-state index is -0.247. The van der Waals surface area contributed by atoms with Gasteiger partial charge in [0.25, 0.3) is 0 Å². The molecule has 4 heteroatoms. The minimum Gasteiger partial charge on any atom is -0.487 e.